The first-order valence-corrected chi connectivity index (χ1v) is 5.60. The van der Waals surface area contributed by atoms with Crippen LogP contribution >= 0.6 is 0 Å². The van der Waals surface area contributed by atoms with E-state index in [-0.39, 0.29) is 0 Å². The summed E-state index contributed by atoms with van der Waals surface area (Å²) in [4.78, 5) is 3.25. The van der Waals surface area contributed by atoms with E-state index in [2.05, 4.69) is 30.1 Å². The quantitative estimate of drug-likeness (QED) is 0.736. The molecule has 2 nitrogen and oxygen atoms in total. The number of para-hydroxylation sites is 1. The maximum Gasteiger partial charge on any atom is 0.191 e. The number of rotatable bonds is 5. The summed E-state index contributed by atoms with van der Waals surface area (Å²) in [5.74, 6) is 0.882. The van der Waals surface area contributed by atoms with Crippen LogP contribution in [0.1, 0.15) is 26.2 Å². The average molecular weight is 203 g/mol. The van der Waals surface area contributed by atoms with E-state index < -0.39 is 0 Å². The van der Waals surface area contributed by atoms with E-state index in [0.29, 0.717) is 0 Å². The Bertz CT molecular complexity index is 386. The zero-order valence-corrected chi connectivity index (χ0v) is 9.12. The van der Waals surface area contributed by atoms with Crippen LogP contribution in [0.15, 0.2) is 30.3 Å². The molecule has 0 saturated heterocycles. The number of unbranched alkanes of at least 4 members (excludes halogenated alkanes) is 2. The lowest BCUT2D eigenvalue weighted by Gasteiger charge is -2.01. The summed E-state index contributed by atoms with van der Waals surface area (Å²) in [7, 11) is 0. The first kappa shape index (κ1) is 10.1. The molecule has 1 aromatic carbocycles. The monoisotopic (exact) mass is 203 g/mol. The van der Waals surface area contributed by atoms with Crippen LogP contribution < -0.4 is 4.74 Å². The molecule has 80 valence electrons. The van der Waals surface area contributed by atoms with Crippen LogP contribution in [0, 0.1) is 0 Å². The second-order valence-electron chi connectivity index (χ2n) is 3.78. The number of nitrogens with one attached hydrogen (secondary N) is 1. The predicted molar refractivity (Wildman–Crippen MR) is 63.3 cm³/mol. The molecule has 0 fully saturated rings. The van der Waals surface area contributed by atoms with Crippen molar-refractivity contribution in [2.24, 2.45) is 0 Å². The Hall–Kier alpha value is -1.44. The molecular weight excluding hydrogens is 186 g/mol. The lowest BCUT2D eigenvalue weighted by Crippen LogP contribution is -1.96. The number of hydrogen-bond acceptors (Lipinski definition) is 1. The predicted octanol–water partition coefficient (Wildman–Crippen LogP) is 3.74. The van der Waals surface area contributed by atoms with E-state index in [4.69, 9.17) is 4.74 Å². The van der Waals surface area contributed by atoms with Gasteiger partial charge in [-0.2, -0.15) is 0 Å². The molecule has 0 aliphatic rings. The van der Waals surface area contributed by atoms with Crippen LogP contribution in [0.4, 0.5) is 0 Å². The van der Waals surface area contributed by atoms with Crippen molar-refractivity contribution in [3.63, 3.8) is 0 Å². The fourth-order valence-corrected chi connectivity index (χ4v) is 1.66. The molecule has 0 aliphatic heterocycles. The Kier molecular flexibility index (Phi) is 3.28. The third kappa shape index (κ3) is 2.52. The standard InChI is InChI=1S/C13H17NO/c1-2-3-6-9-15-13-10-11-7-4-5-8-12(11)14-13/h4-5,7-8,10,14H,2-3,6,9H2,1H3. The molecule has 0 bridgehead atoms. The van der Waals surface area contributed by atoms with Gasteiger partial charge < -0.3 is 9.72 Å². The number of ether oxygens (including phenoxy) is 1. The number of aromatic nitrogens is 1. The van der Waals surface area contributed by atoms with E-state index in [0.717, 1.165) is 24.4 Å². The minimum absolute atomic E-state index is 0.806. The van der Waals surface area contributed by atoms with E-state index in [1.54, 1.807) is 0 Å². The van der Waals surface area contributed by atoms with Gasteiger partial charge in [0.15, 0.2) is 5.88 Å². The highest BCUT2D eigenvalue weighted by Crippen LogP contribution is 2.19. The molecule has 2 heteroatoms. The van der Waals surface area contributed by atoms with Gasteiger partial charge in [-0.1, -0.05) is 38.0 Å². The Morgan fingerprint density at radius 1 is 1.20 bits per heavy atom. The highest BCUT2D eigenvalue weighted by Gasteiger charge is 1.99. The van der Waals surface area contributed by atoms with Crippen molar-refractivity contribution in [2.45, 2.75) is 26.2 Å². The van der Waals surface area contributed by atoms with Gasteiger partial charge >= 0.3 is 0 Å². The third-order valence-corrected chi connectivity index (χ3v) is 2.51. The van der Waals surface area contributed by atoms with Crippen LogP contribution in [0.25, 0.3) is 10.9 Å². The van der Waals surface area contributed by atoms with Crippen molar-refractivity contribution in [1.82, 2.24) is 4.98 Å². The molecule has 2 rings (SSSR count). The lowest BCUT2D eigenvalue weighted by atomic mass is 10.2. The van der Waals surface area contributed by atoms with Crippen molar-refractivity contribution in [2.75, 3.05) is 6.61 Å². The third-order valence-electron chi connectivity index (χ3n) is 2.51. The summed E-state index contributed by atoms with van der Waals surface area (Å²) in [5.41, 5.74) is 1.14. The van der Waals surface area contributed by atoms with Crippen molar-refractivity contribution in [3.05, 3.63) is 30.3 Å². The zero-order valence-electron chi connectivity index (χ0n) is 9.12. The van der Waals surface area contributed by atoms with Crippen LogP contribution in [-0.2, 0) is 0 Å². The maximum absolute atomic E-state index is 5.64. The van der Waals surface area contributed by atoms with Gasteiger partial charge in [-0.25, -0.2) is 0 Å². The average Bonchev–Trinajstić information content (AvgIpc) is 2.67. The van der Waals surface area contributed by atoms with Gasteiger partial charge in [0.1, 0.15) is 0 Å². The van der Waals surface area contributed by atoms with E-state index in [1.807, 2.05) is 12.1 Å². The van der Waals surface area contributed by atoms with Crippen LogP contribution in [0.5, 0.6) is 5.88 Å². The normalized spacial score (nSPS) is 10.7. The molecule has 0 radical (unpaired) electrons. The minimum Gasteiger partial charge on any atom is -0.479 e. The Balaban J connectivity index is 1.97. The van der Waals surface area contributed by atoms with Gasteiger partial charge in [-0.15, -0.1) is 0 Å². The molecule has 0 atom stereocenters. The van der Waals surface area contributed by atoms with Crippen LogP contribution in [0.3, 0.4) is 0 Å². The summed E-state index contributed by atoms with van der Waals surface area (Å²) in [6.45, 7) is 3.00. The number of fused-ring (bicyclic) bond motifs is 1. The minimum atomic E-state index is 0.806. The van der Waals surface area contributed by atoms with Gasteiger partial charge in [0.25, 0.3) is 0 Å². The largest absolute Gasteiger partial charge is 0.479 e. The molecular formula is C13H17NO. The second-order valence-corrected chi connectivity index (χ2v) is 3.78. The van der Waals surface area contributed by atoms with E-state index >= 15 is 0 Å². The van der Waals surface area contributed by atoms with Crippen molar-refractivity contribution in [1.29, 1.82) is 0 Å². The Morgan fingerprint density at radius 3 is 2.87 bits per heavy atom. The molecule has 1 heterocycles. The smallest absolute Gasteiger partial charge is 0.191 e. The SMILES string of the molecule is CCCCCOc1cc2ccccc2[nH]1. The fourth-order valence-electron chi connectivity index (χ4n) is 1.66. The van der Waals surface area contributed by atoms with Gasteiger partial charge in [0.05, 0.1) is 6.61 Å². The molecule has 1 N–H and O–H groups in total. The van der Waals surface area contributed by atoms with E-state index in [9.17, 15) is 0 Å². The molecule has 0 amide bonds. The summed E-state index contributed by atoms with van der Waals surface area (Å²) in [6, 6.07) is 10.3. The van der Waals surface area contributed by atoms with Crippen molar-refractivity contribution < 1.29 is 4.74 Å². The summed E-state index contributed by atoms with van der Waals surface area (Å²) in [6.07, 6.45) is 3.60. The summed E-state index contributed by atoms with van der Waals surface area (Å²) in [5, 5.41) is 1.21. The first-order chi connectivity index (χ1) is 7.40. The molecule has 15 heavy (non-hydrogen) atoms. The second kappa shape index (κ2) is 4.87. The lowest BCUT2D eigenvalue weighted by molar-refractivity contribution is 0.297. The maximum atomic E-state index is 5.64. The summed E-state index contributed by atoms with van der Waals surface area (Å²) >= 11 is 0. The number of benzene rings is 1. The molecule has 1 aromatic heterocycles. The topological polar surface area (TPSA) is 25.0 Å². The van der Waals surface area contributed by atoms with Gasteiger partial charge in [-0.05, 0) is 12.5 Å². The number of aromatic amines is 1. The van der Waals surface area contributed by atoms with Crippen molar-refractivity contribution >= 4 is 10.9 Å². The van der Waals surface area contributed by atoms with E-state index in [1.165, 1.54) is 18.2 Å². The van der Waals surface area contributed by atoms with Crippen molar-refractivity contribution in [3.8, 4) is 5.88 Å². The fraction of sp³-hybridized carbons (Fsp3) is 0.385. The Labute approximate surface area is 90.3 Å². The van der Waals surface area contributed by atoms with Gasteiger partial charge in [0.2, 0.25) is 0 Å². The molecule has 0 aliphatic carbocycles. The molecule has 0 saturated carbocycles. The van der Waals surface area contributed by atoms with Gasteiger partial charge in [-0.3, -0.25) is 0 Å². The highest BCUT2D eigenvalue weighted by molar-refractivity contribution is 5.81. The Morgan fingerprint density at radius 2 is 2.07 bits per heavy atom. The molecule has 0 spiro atoms. The zero-order chi connectivity index (χ0) is 10.5. The highest BCUT2D eigenvalue weighted by atomic mass is 16.5. The number of hydrogen-bond donors (Lipinski definition) is 1. The van der Waals surface area contributed by atoms with Gasteiger partial charge in [0, 0.05) is 17.0 Å². The number of H-pyrrole nitrogens is 1. The molecule has 2 aromatic rings. The molecule has 0 unspecified atom stereocenters. The first-order valence-electron chi connectivity index (χ1n) is 5.60. The van der Waals surface area contributed by atoms with Crippen LogP contribution in [0.2, 0.25) is 0 Å². The summed E-state index contributed by atoms with van der Waals surface area (Å²) < 4.78 is 5.64. The van der Waals surface area contributed by atoms with Crippen LogP contribution in [-0.4, -0.2) is 11.6 Å².